The maximum Gasteiger partial charge on any atom is 0.266 e. The highest BCUT2D eigenvalue weighted by Crippen LogP contribution is 2.43. The quantitative estimate of drug-likeness (QED) is 0.576. The van der Waals surface area contributed by atoms with Crippen molar-refractivity contribution in [1.29, 1.82) is 0 Å². The van der Waals surface area contributed by atoms with Gasteiger partial charge in [0.15, 0.2) is 5.78 Å². The van der Waals surface area contributed by atoms with E-state index in [9.17, 15) is 13.2 Å². The molecule has 1 N–H and O–H groups in total. The van der Waals surface area contributed by atoms with Crippen LogP contribution in [0.5, 0.6) is 5.75 Å². The third kappa shape index (κ3) is 3.64. The number of ether oxygens (including phenoxy) is 1. The molecule has 0 bridgehead atoms. The largest absolute Gasteiger partial charge is 0.492 e. The number of hydrogen-bond donors (Lipinski definition) is 1. The minimum atomic E-state index is -3.72. The van der Waals surface area contributed by atoms with Crippen LogP contribution < -0.4 is 19.3 Å². The molecule has 0 saturated carbocycles. The fourth-order valence-electron chi connectivity index (χ4n) is 3.63. The summed E-state index contributed by atoms with van der Waals surface area (Å²) in [5, 5.41) is 3.23. The second-order valence-corrected chi connectivity index (χ2v) is 9.32. The van der Waals surface area contributed by atoms with Gasteiger partial charge in [-0.2, -0.15) is 0 Å². The number of carbonyl (C=O) groups is 1. The number of nitrogens with one attached hydrogen (secondary N) is 1. The van der Waals surface area contributed by atoms with Crippen LogP contribution in [0.2, 0.25) is 0 Å². The Kier molecular flexibility index (Phi) is 5.52. The minimum Gasteiger partial charge on any atom is -0.492 e. The number of fused-ring (bicyclic) bond motifs is 2. The van der Waals surface area contributed by atoms with Gasteiger partial charge in [0, 0.05) is 25.7 Å². The number of carbonyl (C=O) groups excluding carboxylic acids is 1. The Hall–Kier alpha value is -3.59. The Bertz CT molecular complexity index is 1310. The molecule has 1 aliphatic heterocycles. The highest BCUT2D eigenvalue weighted by atomic mass is 32.2. The summed E-state index contributed by atoms with van der Waals surface area (Å²) in [6, 6.07) is 13.9. The molecule has 9 heteroatoms. The number of ketones is 1. The third-order valence-electron chi connectivity index (χ3n) is 5.38. The van der Waals surface area contributed by atoms with E-state index in [1.165, 1.54) is 24.5 Å². The van der Waals surface area contributed by atoms with Crippen molar-refractivity contribution in [3.63, 3.8) is 0 Å². The second-order valence-electron chi connectivity index (χ2n) is 7.38. The first-order valence-corrected chi connectivity index (χ1v) is 11.5. The van der Waals surface area contributed by atoms with Gasteiger partial charge in [0.05, 0.1) is 35.6 Å². The maximum absolute atomic E-state index is 13.1. The van der Waals surface area contributed by atoms with Crippen LogP contribution in [0.15, 0.2) is 59.6 Å². The van der Waals surface area contributed by atoms with E-state index in [4.69, 9.17) is 4.74 Å². The van der Waals surface area contributed by atoms with E-state index in [1.54, 1.807) is 48.5 Å². The number of aromatic nitrogens is 1. The number of para-hydroxylation sites is 1. The summed E-state index contributed by atoms with van der Waals surface area (Å²) in [6.45, 7) is 3.81. The molecule has 0 unspecified atom stereocenters. The van der Waals surface area contributed by atoms with Gasteiger partial charge in [0.1, 0.15) is 16.5 Å². The summed E-state index contributed by atoms with van der Waals surface area (Å²) >= 11 is 0. The Morgan fingerprint density at radius 2 is 1.81 bits per heavy atom. The van der Waals surface area contributed by atoms with Gasteiger partial charge < -0.3 is 15.0 Å². The van der Waals surface area contributed by atoms with Gasteiger partial charge in [0.2, 0.25) is 0 Å². The van der Waals surface area contributed by atoms with Gasteiger partial charge in [-0.3, -0.25) is 9.10 Å². The predicted molar refractivity (Wildman–Crippen MR) is 125 cm³/mol. The lowest BCUT2D eigenvalue weighted by Gasteiger charge is -2.22. The standard InChI is InChI=1S/C23H24N4O4S/c1-5-31-21-12-16(15(2)28)10-11-17(21)25-23-13-19-20(14-24-23)27(4)32(29,30)22-9-7-6-8-18(22)26(19)3/h6-14H,5H2,1-4H3,(H,24,25). The molecule has 1 aliphatic rings. The van der Waals surface area contributed by atoms with E-state index in [-0.39, 0.29) is 10.7 Å². The van der Waals surface area contributed by atoms with Crippen LogP contribution >= 0.6 is 0 Å². The van der Waals surface area contributed by atoms with Crippen LogP contribution in [0.3, 0.4) is 0 Å². The van der Waals surface area contributed by atoms with Crippen molar-refractivity contribution in [2.75, 3.05) is 35.2 Å². The number of anilines is 5. The summed E-state index contributed by atoms with van der Waals surface area (Å²) in [6.07, 6.45) is 1.53. The van der Waals surface area contributed by atoms with Crippen LogP contribution in [0.1, 0.15) is 24.2 Å². The minimum absolute atomic E-state index is 0.0507. The van der Waals surface area contributed by atoms with E-state index in [1.807, 2.05) is 18.9 Å². The van der Waals surface area contributed by atoms with Crippen LogP contribution in [0.4, 0.5) is 28.6 Å². The molecule has 0 atom stereocenters. The van der Waals surface area contributed by atoms with Gasteiger partial charge in [-0.1, -0.05) is 12.1 Å². The van der Waals surface area contributed by atoms with E-state index < -0.39 is 10.0 Å². The van der Waals surface area contributed by atoms with Crippen LogP contribution in [-0.4, -0.2) is 39.9 Å². The SMILES string of the molecule is CCOc1cc(C(C)=O)ccc1Nc1cc2c(cn1)N(C)S(=O)(=O)c1ccccc1N2C. The van der Waals surface area contributed by atoms with E-state index in [2.05, 4.69) is 10.3 Å². The molecule has 0 fully saturated rings. The summed E-state index contributed by atoms with van der Waals surface area (Å²) in [5.41, 5.74) is 2.93. The van der Waals surface area contributed by atoms with Crippen molar-refractivity contribution in [2.45, 2.75) is 18.7 Å². The third-order valence-corrected chi connectivity index (χ3v) is 7.20. The average molecular weight is 453 g/mol. The molecule has 1 aromatic heterocycles. The second kappa shape index (κ2) is 8.16. The van der Waals surface area contributed by atoms with Crippen LogP contribution in [0, 0.1) is 0 Å². The Balaban J connectivity index is 1.79. The molecule has 8 nitrogen and oxygen atoms in total. The first-order chi connectivity index (χ1) is 15.2. The summed E-state index contributed by atoms with van der Waals surface area (Å²) in [5.74, 6) is 0.998. The fourth-order valence-corrected chi connectivity index (χ4v) is 5.05. The molecule has 4 rings (SSSR count). The normalized spacial score (nSPS) is 14.2. The average Bonchev–Trinajstić information content (AvgIpc) is 2.84. The summed E-state index contributed by atoms with van der Waals surface area (Å²) < 4.78 is 33.2. The zero-order valence-corrected chi connectivity index (χ0v) is 19.1. The van der Waals surface area contributed by atoms with Gasteiger partial charge in [-0.15, -0.1) is 0 Å². The lowest BCUT2D eigenvalue weighted by molar-refractivity contribution is 0.101. The molecule has 32 heavy (non-hydrogen) atoms. The molecule has 0 aliphatic carbocycles. The number of benzene rings is 2. The lowest BCUT2D eigenvalue weighted by Crippen LogP contribution is -2.25. The highest BCUT2D eigenvalue weighted by molar-refractivity contribution is 7.93. The number of nitrogens with zero attached hydrogens (tertiary/aromatic N) is 3. The van der Waals surface area contributed by atoms with Crippen LogP contribution in [0.25, 0.3) is 0 Å². The molecular weight excluding hydrogens is 428 g/mol. The van der Waals surface area contributed by atoms with Crippen molar-refractivity contribution in [3.8, 4) is 5.75 Å². The number of Topliss-reactive ketones (excluding diaryl/α,β-unsaturated/α-hetero) is 1. The van der Waals surface area contributed by atoms with Crippen molar-refractivity contribution >= 4 is 44.4 Å². The maximum atomic E-state index is 13.1. The van der Waals surface area contributed by atoms with Crippen molar-refractivity contribution < 1.29 is 17.9 Å². The molecule has 3 aromatic rings. The lowest BCUT2D eigenvalue weighted by atomic mass is 10.1. The first-order valence-electron chi connectivity index (χ1n) is 10.1. The summed E-state index contributed by atoms with van der Waals surface area (Å²) in [7, 11) is -0.380. The zero-order valence-electron chi connectivity index (χ0n) is 18.3. The van der Waals surface area contributed by atoms with E-state index >= 15 is 0 Å². The van der Waals surface area contributed by atoms with Gasteiger partial charge in [-0.25, -0.2) is 13.4 Å². The fraction of sp³-hybridized carbons (Fsp3) is 0.217. The van der Waals surface area contributed by atoms with E-state index in [0.717, 1.165) is 0 Å². The topological polar surface area (TPSA) is 91.8 Å². The Labute approximate surface area is 187 Å². The molecule has 0 saturated heterocycles. The molecule has 2 heterocycles. The number of rotatable bonds is 5. The van der Waals surface area contributed by atoms with Crippen molar-refractivity contribution in [2.24, 2.45) is 0 Å². The first kappa shape index (κ1) is 21.6. The molecule has 0 amide bonds. The van der Waals surface area contributed by atoms with Gasteiger partial charge in [-0.05, 0) is 44.2 Å². The predicted octanol–water partition coefficient (Wildman–Crippen LogP) is 4.33. The molecular formula is C23H24N4O4S. The van der Waals surface area contributed by atoms with Crippen molar-refractivity contribution in [3.05, 3.63) is 60.3 Å². The molecule has 166 valence electrons. The monoisotopic (exact) mass is 452 g/mol. The number of hydrogen-bond acceptors (Lipinski definition) is 7. The number of pyridine rings is 1. The molecule has 0 radical (unpaired) electrons. The smallest absolute Gasteiger partial charge is 0.266 e. The molecule has 0 spiro atoms. The highest BCUT2D eigenvalue weighted by Gasteiger charge is 2.32. The zero-order chi connectivity index (χ0) is 23.0. The van der Waals surface area contributed by atoms with Gasteiger partial charge in [0.25, 0.3) is 10.0 Å². The van der Waals surface area contributed by atoms with E-state index in [0.29, 0.717) is 46.5 Å². The number of sulfonamides is 1. The molecule has 2 aromatic carbocycles. The van der Waals surface area contributed by atoms with Crippen molar-refractivity contribution in [1.82, 2.24) is 4.98 Å². The van der Waals surface area contributed by atoms with Crippen LogP contribution in [-0.2, 0) is 10.0 Å². The Morgan fingerprint density at radius 3 is 2.53 bits per heavy atom. The van der Waals surface area contributed by atoms with Gasteiger partial charge >= 0.3 is 0 Å². The summed E-state index contributed by atoms with van der Waals surface area (Å²) in [4.78, 5) is 18.2. The Morgan fingerprint density at radius 1 is 1.06 bits per heavy atom.